The van der Waals surface area contributed by atoms with Crippen molar-refractivity contribution in [3.05, 3.63) is 0 Å². The highest BCUT2D eigenvalue weighted by molar-refractivity contribution is 5.78. The van der Waals surface area contributed by atoms with Gasteiger partial charge in [-0.05, 0) is 19.4 Å². The first-order valence-electron chi connectivity index (χ1n) is 4.57. The summed E-state index contributed by atoms with van der Waals surface area (Å²) in [5, 5.41) is 11.0. The average molecular weight is 183 g/mol. The molecule has 0 saturated heterocycles. The van der Waals surface area contributed by atoms with Crippen LogP contribution in [0.1, 0.15) is 26.2 Å². The van der Waals surface area contributed by atoms with Gasteiger partial charge in [-0.1, -0.05) is 6.92 Å². The lowest BCUT2D eigenvalue weighted by molar-refractivity contribution is -0.124. The molecule has 74 valence electrons. The minimum Gasteiger partial charge on any atom is -0.356 e. The third-order valence-electron chi connectivity index (χ3n) is 1.81. The monoisotopic (exact) mass is 183 g/mol. The van der Waals surface area contributed by atoms with Gasteiger partial charge < -0.3 is 11.1 Å². The van der Waals surface area contributed by atoms with E-state index in [1.165, 1.54) is 0 Å². The van der Waals surface area contributed by atoms with E-state index in [4.69, 9.17) is 11.0 Å². The van der Waals surface area contributed by atoms with Crippen LogP contribution in [0, 0.1) is 17.2 Å². The minimum atomic E-state index is -0.0212. The Labute approximate surface area is 79.1 Å². The van der Waals surface area contributed by atoms with Crippen LogP contribution in [-0.4, -0.2) is 19.0 Å². The fourth-order valence-electron chi connectivity index (χ4n) is 0.934. The topological polar surface area (TPSA) is 78.9 Å². The van der Waals surface area contributed by atoms with Crippen LogP contribution in [-0.2, 0) is 4.79 Å². The van der Waals surface area contributed by atoms with Crippen molar-refractivity contribution in [1.29, 1.82) is 5.26 Å². The predicted molar refractivity (Wildman–Crippen MR) is 50.7 cm³/mol. The molecule has 0 spiro atoms. The Hall–Kier alpha value is -1.08. The molecule has 3 N–H and O–H groups in total. The molecule has 0 saturated carbocycles. The number of nitrogens with one attached hydrogen (secondary N) is 1. The number of carbonyl (C=O) groups excluding carboxylic acids is 1. The van der Waals surface area contributed by atoms with E-state index in [1.54, 1.807) is 0 Å². The first-order valence-corrected chi connectivity index (χ1v) is 4.57. The molecule has 4 nitrogen and oxygen atoms in total. The third-order valence-corrected chi connectivity index (χ3v) is 1.81. The maximum atomic E-state index is 11.2. The van der Waals surface area contributed by atoms with Crippen LogP contribution in [0.4, 0.5) is 0 Å². The van der Waals surface area contributed by atoms with Crippen molar-refractivity contribution >= 4 is 5.91 Å². The molecule has 4 heteroatoms. The molecule has 0 aliphatic carbocycles. The fourth-order valence-corrected chi connectivity index (χ4v) is 0.934. The highest BCUT2D eigenvalue weighted by atomic mass is 16.1. The van der Waals surface area contributed by atoms with Gasteiger partial charge in [-0.25, -0.2) is 0 Å². The maximum Gasteiger partial charge on any atom is 0.222 e. The third kappa shape index (κ3) is 6.12. The number of unbranched alkanes of at least 4 members (excludes halogenated alkanes) is 1. The van der Waals surface area contributed by atoms with E-state index in [-0.39, 0.29) is 11.8 Å². The van der Waals surface area contributed by atoms with Gasteiger partial charge in [0.25, 0.3) is 0 Å². The largest absolute Gasteiger partial charge is 0.356 e. The molecule has 0 aliphatic heterocycles. The van der Waals surface area contributed by atoms with Crippen molar-refractivity contribution in [2.75, 3.05) is 13.1 Å². The average Bonchev–Trinajstić information content (AvgIpc) is 2.12. The van der Waals surface area contributed by atoms with Crippen LogP contribution in [0.2, 0.25) is 0 Å². The van der Waals surface area contributed by atoms with Crippen LogP contribution < -0.4 is 11.1 Å². The predicted octanol–water partition coefficient (Wildman–Crippen LogP) is 0.391. The summed E-state index contributed by atoms with van der Waals surface area (Å²) in [6, 6.07) is 2.02. The number of nitrogens with two attached hydrogens (primary N) is 1. The summed E-state index contributed by atoms with van der Waals surface area (Å²) in [6.07, 6.45) is 1.92. The molecule has 0 heterocycles. The number of rotatable bonds is 6. The molecule has 0 fully saturated rings. The summed E-state index contributed by atoms with van der Waals surface area (Å²) in [6.45, 7) is 2.97. The normalized spacial score (nSPS) is 11.8. The molecule has 0 aromatic carbocycles. The minimum absolute atomic E-state index is 0.0212. The number of carbonyl (C=O) groups is 1. The van der Waals surface area contributed by atoms with Crippen LogP contribution in [0.3, 0.4) is 0 Å². The smallest absolute Gasteiger partial charge is 0.222 e. The Bertz CT molecular complexity index is 186. The van der Waals surface area contributed by atoms with E-state index in [9.17, 15) is 4.79 Å². The molecule has 0 radical (unpaired) electrons. The molecular formula is C9H17N3O. The molecule has 0 bridgehead atoms. The number of nitriles is 1. The second kappa shape index (κ2) is 7.56. The Morgan fingerprint density at radius 1 is 1.69 bits per heavy atom. The standard InChI is InChI=1S/C9H17N3O/c1-8(4-6-11)9(13)12-7-3-2-5-10/h8H,2-4,6-7,11H2,1H3,(H,12,13). The van der Waals surface area contributed by atoms with Crippen molar-refractivity contribution in [2.24, 2.45) is 11.7 Å². The van der Waals surface area contributed by atoms with Gasteiger partial charge in [-0.15, -0.1) is 0 Å². The van der Waals surface area contributed by atoms with Gasteiger partial charge in [0.15, 0.2) is 0 Å². The lowest BCUT2D eigenvalue weighted by atomic mass is 10.1. The van der Waals surface area contributed by atoms with Crippen LogP contribution in [0.25, 0.3) is 0 Å². The first-order chi connectivity index (χ1) is 6.22. The van der Waals surface area contributed by atoms with Crippen LogP contribution in [0.5, 0.6) is 0 Å². The molecule has 0 aromatic heterocycles. The molecule has 1 unspecified atom stereocenters. The van der Waals surface area contributed by atoms with E-state index in [0.29, 0.717) is 25.9 Å². The maximum absolute atomic E-state index is 11.2. The molecule has 1 amide bonds. The first kappa shape index (κ1) is 11.9. The van der Waals surface area contributed by atoms with Crippen molar-refractivity contribution in [1.82, 2.24) is 5.32 Å². The summed E-state index contributed by atoms with van der Waals surface area (Å²) >= 11 is 0. The number of hydrogen-bond donors (Lipinski definition) is 2. The Morgan fingerprint density at radius 2 is 2.38 bits per heavy atom. The Morgan fingerprint density at radius 3 is 2.92 bits per heavy atom. The summed E-state index contributed by atoms with van der Waals surface area (Å²) < 4.78 is 0. The SMILES string of the molecule is CC(CCN)C(=O)NCCCC#N. The van der Waals surface area contributed by atoms with Crippen molar-refractivity contribution < 1.29 is 4.79 Å². The second-order valence-corrected chi connectivity index (χ2v) is 3.03. The Balaban J connectivity index is 3.45. The van der Waals surface area contributed by atoms with Crippen LogP contribution >= 0.6 is 0 Å². The molecular weight excluding hydrogens is 166 g/mol. The molecule has 0 rings (SSSR count). The van der Waals surface area contributed by atoms with Gasteiger partial charge in [0, 0.05) is 18.9 Å². The fraction of sp³-hybridized carbons (Fsp3) is 0.778. The zero-order valence-corrected chi connectivity index (χ0v) is 8.05. The zero-order valence-electron chi connectivity index (χ0n) is 8.05. The van der Waals surface area contributed by atoms with E-state index in [0.717, 1.165) is 6.42 Å². The van der Waals surface area contributed by atoms with Gasteiger partial charge in [0.1, 0.15) is 0 Å². The number of hydrogen-bond acceptors (Lipinski definition) is 3. The zero-order chi connectivity index (χ0) is 10.1. The highest BCUT2D eigenvalue weighted by Crippen LogP contribution is 1.99. The Kier molecular flexibility index (Phi) is 6.93. The van der Waals surface area contributed by atoms with E-state index in [1.807, 2.05) is 13.0 Å². The lowest BCUT2D eigenvalue weighted by Gasteiger charge is -2.09. The van der Waals surface area contributed by atoms with Crippen molar-refractivity contribution in [2.45, 2.75) is 26.2 Å². The van der Waals surface area contributed by atoms with Gasteiger partial charge >= 0.3 is 0 Å². The van der Waals surface area contributed by atoms with Crippen molar-refractivity contribution in [3.8, 4) is 6.07 Å². The van der Waals surface area contributed by atoms with E-state index in [2.05, 4.69) is 5.32 Å². The molecule has 13 heavy (non-hydrogen) atoms. The number of amides is 1. The van der Waals surface area contributed by atoms with Gasteiger partial charge in [0.05, 0.1) is 6.07 Å². The molecule has 0 aliphatic rings. The lowest BCUT2D eigenvalue weighted by Crippen LogP contribution is -2.31. The highest BCUT2D eigenvalue weighted by Gasteiger charge is 2.09. The van der Waals surface area contributed by atoms with E-state index >= 15 is 0 Å². The summed E-state index contributed by atoms with van der Waals surface area (Å²) in [5.74, 6) is 0.00970. The summed E-state index contributed by atoms with van der Waals surface area (Å²) in [5.41, 5.74) is 5.32. The van der Waals surface area contributed by atoms with E-state index < -0.39 is 0 Å². The van der Waals surface area contributed by atoms with Crippen molar-refractivity contribution in [3.63, 3.8) is 0 Å². The molecule has 1 atom stereocenters. The molecule has 0 aromatic rings. The van der Waals surface area contributed by atoms with Gasteiger partial charge in [-0.2, -0.15) is 5.26 Å². The summed E-state index contributed by atoms with van der Waals surface area (Å²) in [7, 11) is 0. The quantitative estimate of drug-likeness (QED) is 0.585. The number of nitrogens with zero attached hydrogens (tertiary/aromatic N) is 1. The van der Waals surface area contributed by atoms with Gasteiger partial charge in [-0.3, -0.25) is 4.79 Å². The summed E-state index contributed by atoms with van der Waals surface area (Å²) in [4.78, 5) is 11.2. The second-order valence-electron chi connectivity index (χ2n) is 3.03. The van der Waals surface area contributed by atoms with Gasteiger partial charge in [0.2, 0.25) is 5.91 Å². The van der Waals surface area contributed by atoms with Crippen LogP contribution in [0.15, 0.2) is 0 Å².